The summed E-state index contributed by atoms with van der Waals surface area (Å²) in [5.41, 5.74) is 2.22. The van der Waals surface area contributed by atoms with Crippen LogP contribution in [0.4, 0.5) is 19.1 Å². The maximum absolute atomic E-state index is 13.3. The maximum atomic E-state index is 13.3. The number of methoxy groups -OCH3 is 1. The van der Waals surface area contributed by atoms with Crippen LogP contribution in [0.3, 0.4) is 0 Å². The number of rotatable bonds is 5. The number of aromatic nitrogens is 3. The Bertz CT molecular complexity index is 1020. The first-order valence-electron chi connectivity index (χ1n) is 8.32. The lowest BCUT2D eigenvalue weighted by atomic mass is 10.0. The lowest BCUT2D eigenvalue weighted by Gasteiger charge is -2.25. The predicted molar refractivity (Wildman–Crippen MR) is 95.8 cm³/mol. The van der Waals surface area contributed by atoms with E-state index in [0.29, 0.717) is 5.95 Å². The Morgan fingerprint density at radius 1 is 1.11 bits per heavy atom. The lowest BCUT2D eigenvalue weighted by Crippen LogP contribution is -2.20. The number of benzene rings is 2. The third-order valence-corrected chi connectivity index (χ3v) is 4.31. The van der Waals surface area contributed by atoms with Crippen LogP contribution in [-0.4, -0.2) is 28.5 Å². The van der Waals surface area contributed by atoms with Gasteiger partial charge in [-0.2, -0.15) is 18.9 Å². The summed E-state index contributed by atoms with van der Waals surface area (Å²) in [5.74, 6) is 0.282. The topological polar surface area (TPSA) is 61.2 Å². The second kappa shape index (κ2) is 7.26. The molecule has 2 aromatic carbocycles. The van der Waals surface area contributed by atoms with Crippen molar-refractivity contribution in [1.29, 1.82) is 0 Å². The fourth-order valence-electron chi connectivity index (χ4n) is 3.03. The fourth-order valence-corrected chi connectivity index (χ4v) is 3.03. The van der Waals surface area contributed by atoms with Crippen molar-refractivity contribution in [3.8, 4) is 11.5 Å². The molecule has 4 rings (SSSR count). The molecule has 2 heterocycles. The van der Waals surface area contributed by atoms with Crippen LogP contribution in [0.5, 0.6) is 11.5 Å². The maximum Gasteiger partial charge on any atom is 0.387 e. The number of hydrogen-bond donors (Lipinski definition) is 1. The van der Waals surface area contributed by atoms with E-state index < -0.39 is 6.61 Å². The summed E-state index contributed by atoms with van der Waals surface area (Å²) >= 11 is 0. The third kappa shape index (κ3) is 3.38. The van der Waals surface area contributed by atoms with Crippen LogP contribution in [0.2, 0.25) is 0 Å². The minimum Gasteiger partial charge on any atom is -0.493 e. The molecule has 1 atom stereocenters. The zero-order valence-electron chi connectivity index (χ0n) is 14.6. The van der Waals surface area contributed by atoms with Gasteiger partial charge >= 0.3 is 6.61 Å². The first-order chi connectivity index (χ1) is 13.5. The number of nitrogens with one attached hydrogen (secondary N) is 1. The van der Waals surface area contributed by atoms with Gasteiger partial charge in [-0.05, 0) is 53.6 Å². The third-order valence-electron chi connectivity index (χ3n) is 4.31. The molecule has 0 saturated heterocycles. The zero-order valence-corrected chi connectivity index (χ0v) is 14.6. The van der Waals surface area contributed by atoms with Crippen molar-refractivity contribution in [3.63, 3.8) is 0 Å². The number of nitrogens with zero attached hydrogens (tertiary/aromatic N) is 3. The summed E-state index contributed by atoms with van der Waals surface area (Å²) in [5, 5.41) is 7.38. The largest absolute Gasteiger partial charge is 0.493 e. The highest BCUT2D eigenvalue weighted by molar-refractivity contribution is 5.77. The molecule has 0 fully saturated rings. The van der Waals surface area contributed by atoms with Crippen LogP contribution in [0.1, 0.15) is 17.2 Å². The highest BCUT2D eigenvalue weighted by atomic mass is 19.3. The summed E-state index contributed by atoms with van der Waals surface area (Å²) in [6, 6.07) is 10.3. The van der Waals surface area contributed by atoms with Crippen LogP contribution in [0.15, 0.2) is 54.9 Å². The van der Waals surface area contributed by atoms with Gasteiger partial charge in [-0.1, -0.05) is 6.07 Å². The van der Waals surface area contributed by atoms with Crippen molar-refractivity contribution in [3.05, 3.63) is 71.8 Å². The number of anilines is 1. The van der Waals surface area contributed by atoms with Gasteiger partial charge in [-0.15, -0.1) is 0 Å². The van der Waals surface area contributed by atoms with Crippen LogP contribution >= 0.6 is 0 Å². The van der Waals surface area contributed by atoms with Crippen LogP contribution in [0, 0.1) is 5.82 Å². The van der Waals surface area contributed by atoms with Gasteiger partial charge in [0.2, 0.25) is 5.95 Å². The summed E-state index contributed by atoms with van der Waals surface area (Å²) in [6.07, 6.45) is 3.29. The molecular formula is C19H15F3N4O2. The number of ether oxygens (including phenoxy) is 2. The highest BCUT2D eigenvalue weighted by Crippen LogP contribution is 2.36. The van der Waals surface area contributed by atoms with E-state index in [1.165, 1.54) is 31.6 Å². The Morgan fingerprint density at radius 3 is 2.61 bits per heavy atom. The van der Waals surface area contributed by atoms with Crippen molar-refractivity contribution in [2.24, 2.45) is 0 Å². The predicted octanol–water partition coefficient (Wildman–Crippen LogP) is 4.08. The number of hydrogen-bond acceptors (Lipinski definition) is 5. The molecule has 6 nitrogen and oxygen atoms in total. The van der Waals surface area contributed by atoms with E-state index in [0.717, 1.165) is 16.8 Å². The Hall–Kier alpha value is -3.49. The average Bonchev–Trinajstić information content (AvgIpc) is 3.16. The minimum atomic E-state index is -2.95. The number of fused-ring (bicyclic) bond motifs is 1. The smallest absolute Gasteiger partial charge is 0.387 e. The Morgan fingerprint density at radius 2 is 1.89 bits per heavy atom. The molecular weight excluding hydrogens is 373 g/mol. The van der Waals surface area contributed by atoms with Crippen molar-refractivity contribution in [2.45, 2.75) is 12.7 Å². The molecule has 28 heavy (non-hydrogen) atoms. The van der Waals surface area contributed by atoms with Crippen LogP contribution in [0.25, 0.3) is 5.70 Å². The Kier molecular flexibility index (Phi) is 4.64. The SMILES string of the molecule is COc1cc([C@@H]2C=C(c3ccc(F)cc3)Nc3ncnn32)ccc1OC(F)F. The summed E-state index contributed by atoms with van der Waals surface area (Å²) in [7, 11) is 1.38. The lowest BCUT2D eigenvalue weighted by molar-refractivity contribution is -0.0512. The normalized spacial score (nSPS) is 15.6. The fraction of sp³-hybridized carbons (Fsp3) is 0.158. The van der Waals surface area contributed by atoms with Gasteiger partial charge in [0.25, 0.3) is 0 Å². The molecule has 0 aliphatic carbocycles. The summed E-state index contributed by atoms with van der Waals surface area (Å²) in [6.45, 7) is -2.95. The summed E-state index contributed by atoms with van der Waals surface area (Å²) in [4.78, 5) is 4.20. The van der Waals surface area contributed by atoms with Crippen LogP contribution < -0.4 is 14.8 Å². The number of halogens is 3. The molecule has 144 valence electrons. The second-order valence-electron chi connectivity index (χ2n) is 5.97. The van der Waals surface area contributed by atoms with Gasteiger partial charge in [-0.25, -0.2) is 9.07 Å². The van der Waals surface area contributed by atoms with Gasteiger partial charge in [0.05, 0.1) is 7.11 Å². The quantitative estimate of drug-likeness (QED) is 0.714. The van der Waals surface area contributed by atoms with E-state index in [1.807, 2.05) is 6.08 Å². The molecule has 1 aromatic heterocycles. The molecule has 1 N–H and O–H groups in total. The van der Waals surface area contributed by atoms with Crippen molar-refractivity contribution in [1.82, 2.24) is 14.8 Å². The van der Waals surface area contributed by atoms with Gasteiger partial charge in [-0.3, -0.25) is 0 Å². The molecule has 1 aliphatic rings. The van der Waals surface area contributed by atoms with Crippen molar-refractivity contribution >= 4 is 11.6 Å². The Balaban J connectivity index is 1.76. The Labute approximate surface area is 158 Å². The van der Waals surface area contributed by atoms with Crippen molar-refractivity contribution < 1.29 is 22.6 Å². The monoisotopic (exact) mass is 388 g/mol. The first kappa shape index (κ1) is 17.9. The molecule has 0 unspecified atom stereocenters. The van der Waals surface area contributed by atoms with E-state index in [-0.39, 0.29) is 23.4 Å². The summed E-state index contributed by atoms with van der Waals surface area (Å²) < 4.78 is 49.7. The van der Waals surface area contributed by atoms with Gasteiger partial charge in [0, 0.05) is 5.70 Å². The molecule has 0 radical (unpaired) electrons. The molecule has 1 aliphatic heterocycles. The number of allylic oxidation sites excluding steroid dienone is 1. The van der Waals surface area contributed by atoms with E-state index in [2.05, 4.69) is 20.1 Å². The first-order valence-corrected chi connectivity index (χ1v) is 8.32. The molecule has 0 amide bonds. The zero-order chi connectivity index (χ0) is 19.7. The molecule has 0 spiro atoms. The van der Waals surface area contributed by atoms with Gasteiger partial charge < -0.3 is 14.8 Å². The van der Waals surface area contributed by atoms with Crippen molar-refractivity contribution in [2.75, 3.05) is 12.4 Å². The van der Waals surface area contributed by atoms with E-state index in [4.69, 9.17) is 4.74 Å². The standard InChI is InChI=1S/C19H15F3N4O2/c1-27-17-8-12(4-7-16(17)28-18(21)22)15-9-14(11-2-5-13(20)6-3-11)25-19-23-10-24-26(15)19/h2-10,15,18H,1H3,(H,23,24,25)/t15-/m0/s1. The second-order valence-corrected chi connectivity index (χ2v) is 5.97. The number of alkyl halides is 2. The average molecular weight is 388 g/mol. The van der Waals surface area contributed by atoms with E-state index >= 15 is 0 Å². The molecule has 9 heteroatoms. The van der Waals surface area contributed by atoms with Crippen LogP contribution in [-0.2, 0) is 0 Å². The van der Waals surface area contributed by atoms with Gasteiger partial charge in [0.1, 0.15) is 18.2 Å². The minimum absolute atomic E-state index is 0.0586. The molecule has 0 bridgehead atoms. The van der Waals surface area contributed by atoms with E-state index in [1.54, 1.807) is 28.9 Å². The molecule has 3 aromatic rings. The molecule has 0 saturated carbocycles. The highest BCUT2D eigenvalue weighted by Gasteiger charge is 2.24. The van der Waals surface area contributed by atoms with E-state index in [9.17, 15) is 13.2 Å². The van der Waals surface area contributed by atoms with Gasteiger partial charge in [0.15, 0.2) is 11.5 Å².